The number of nitrogens with one attached hydrogen (secondary N) is 1. The van der Waals surface area contributed by atoms with E-state index in [9.17, 15) is 4.79 Å². The van der Waals surface area contributed by atoms with Crippen molar-refractivity contribution in [1.82, 2.24) is 4.90 Å². The number of hydrogen-bond acceptors (Lipinski definition) is 2. The second-order valence-corrected chi connectivity index (χ2v) is 5.06. The van der Waals surface area contributed by atoms with E-state index in [1.54, 1.807) is 23.1 Å². The van der Waals surface area contributed by atoms with Gasteiger partial charge in [-0.15, -0.1) is 0 Å². The molecule has 2 N–H and O–H groups in total. The van der Waals surface area contributed by atoms with Crippen LogP contribution >= 0.6 is 11.6 Å². The van der Waals surface area contributed by atoms with Crippen molar-refractivity contribution >= 4 is 23.3 Å². The minimum Gasteiger partial charge on any atom is -0.384 e. The van der Waals surface area contributed by atoms with Crippen LogP contribution in [0.15, 0.2) is 18.2 Å². The van der Waals surface area contributed by atoms with E-state index in [2.05, 4.69) is 17.2 Å². The standard InChI is InChI=1S/C15H17ClN2O2/c16-13-6-7-14(12(11-13)5-4-10-19)17-15(20)18-8-2-1-3-9-18/h6-7,11,19H,1-3,8-10H2,(H,17,20). The van der Waals surface area contributed by atoms with Crippen LogP contribution in [0, 0.1) is 11.8 Å². The van der Waals surface area contributed by atoms with Crippen LogP contribution in [-0.2, 0) is 0 Å². The Morgan fingerprint density at radius 1 is 1.35 bits per heavy atom. The number of piperidine rings is 1. The third-order valence-electron chi connectivity index (χ3n) is 3.17. The number of halogens is 1. The molecule has 0 aliphatic carbocycles. The Balaban J connectivity index is 2.13. The Hall–Kier alpha value is -1.70. The predicted molar refractivity (Wildman–Crippen MR) is 79.9 cm³/mol. The summed E-state index contributed by atoms with van der Waals surface area (Å²) >= 11 is 5.93. The summed E-state index contributed by atoms with van der Waals surface area (Å²) in [6.07, 6.45) is 3.27. The molecule has 1 fully saturated rings. The Kier molecular flexibility index (Phi) is 5.28. The summed E-state index contributed by atoms with van der Waals surface area (Å²) in [5.74, 6) is 5.36. The number of benzene rings is 1. The Morgan fingerprint density at radius 2 is 2.10 bits per heavy atom. The lowest BCUT2D eigenvalue weighted by Gasteiger charge is -2.27. The van der Waals surface area contributed by atoms with Gasteiger partial charge in [-0.05, 0) is 37.5 Å². The van der Waals surface area contributed by atoms with Gasteiger partial charge in [0.25, 0.3) is 0 Å². The molecule has 0 bridgehead atoms. The van der Waals surface area contributed by atoms with Crippen LogP contribution in [0.5, 0.6) is 0 Å². The molecule has 20 heavy (non-hydrogen) atoms. The Morgan fingerprint density at radius 3 is 2.80 bits per heavy atom. The first-order valence-electron chi connectivity index (χ1n) is 6.66. The highest BCUT2D eigenvalue weighted by Crippen LogP contribution is 2.21. The van der Waals surface area contributed by atoms with Gasteiger partial charge in [0.05, 0.1) is 5.69 Å². The first kappa shape index (κ1) is 14.7. The maximum absolute atomic E-state index is 12.2. The molecule has 5 heteroatoms. The number of anilines is 1. The molecule has 0 saturated carbocycles. The highest BCUT2D eigenvalue weighted by atomic mass is 35.5. The molecule has 0 atom stereocenters. The summed E-state index contributed by atoms with van der Waals surface area (Å²) in [4.78, 5) is 14.0. The fourth-order valence-corrected chi connectivity index (χ4v) is 2.33. The lowest BCUT2D eigenvalue weighted by Crippen LogP contribution is -2.38. The molecule has 2 amide bonds. The molecule has 1 aromatic rings. The molecular weight excluding hydrogens is 276 g/mol. The number of urea groups is 1. The van der Waals surface area contributed by atoms with Crippen molar-refractivity contribution in [2.75, 3.05) is 25.0 Å². The van der Waals surface area contributed by atoms with E-state index < -0.39 is 0 Å². The van der Waals surface area contributed by atoms with E-state index in [0.29, 0.717) is 16.3 Å². The lowest BCUT2D eigenvalue weighted by molar-refractivity contribution is 0.200. The molecule has 1 aliphatic rings. The van der Waals surface area contributed by atoms with Crippen LogP contribution in [0.3, 0.4) is 0 Å². The summed E-state index contributed by atoms with van der Waals surface area (Å²) in [7, 11) is 0. The average Bonchev–Trinajstić information content (AvgIpc) is 2.48. The van der Waals surface area contributed by atoms with Gasteiger partial charge >= 0.3 is 6.03 Å². The molecule has 0 unspecified atom stereocenters. The molecule has 2 rings (SSSR count). The van der Waals surface area contributed by atoms with Gasteiger partial charge in [0.15, 0.2) is 0 Å². The van der Waals surface area contributed by atoms with Gasteiger partial charge in [-0.3, -0.25) is 0 Å². The van der Waals surface area contributed by atoms with Crippen LogP contribution in [0.1, 0.15) is 24.8 Å². The predicted octanol–water partition coefficient (Wildman–Crippen LogP) is 2.70. The van der Waals surface area contributed by atoms with Crippen molar-refractivity contribution in [2.24, 2.45) is 0 Å². The number of nitrogens with zero attached hydrogens (tertiary/aromatic N) is 1. The van der Waals surface area contributed by atoms with Crippen molar-refractivity contribution in [3.05, 3.63) is 28.8 Å². The maximum atomic E-state index is 12.2. The number of rotatable bonds is 1. The number of aliphatic hydroxyl groups is 1. The van der Waals surface area contributed by atoms with Crippen molar-refractivity contribution in [3.8, 4) is 11.8 Å². The van der Waals surface area contributed by atoms with Gasteiger partial charge in [-0.1, -0.05) is 23.4 Å². The molecule has 106 valence electrons. The number of hydrogen-bond donors (Lipinski definition) is 2. The largest absolute Gasteiger partial charge is 0.384 e. The second kappa shape index (κ2) is 7.18. The molecule has 1 heterocycles. The zero-order chi connectivity index (χ0) is 14.4. The third kappa shape index (κ3) is 3.89. The molecule has 1 saturated heterocycles. The van der Waals surface area contributed by atoms with Gasteiger partial charge < -0.3 is 15.3 Å². The number of aliphatic hydroxyl groups excluding tert-OH is 1. The molecule has 0 aromatic heterocycles. The normalized spacial score (nSPS) is 14.4. The fraction of sp³-hybridized carbons (Fsp3) is 0.400. The number of likely N-dealkylation sites (tertiary alicyclic amines) is 1. The smallest absolute Gasteiger partial charge is 0.321 e. The van der Waals surface area contributed by atoms with Gasteiger partial charge in [-0.25, -0.2) is 4.79 Å². The van der Waals surface area contributed by atoms with Crippen molar-refractivity contribution in [1.29, 1.82) is 0 Å². The molecule has 1 aromatic carbocycles. The fourth-order valence-electron chi connectivity index (χ4n) is 2.15. The molecule has 0 radical (unpaired) electrons. The van der Waals surface area contributed by atoms with Crippen molar-refractivity contribution in [2.45, 2.75) is 19.3 Å². The Labute approximate surface area is 123 Å². The van der Waals surface area contributed by atoms with Gasteiger partial charge in [0.1, 0.15) is 6.61 Å². The average molecular weight is 293 g/mol. The van der Waals surface area contributed by atoms with E-state index in [-0.39, 0.29) is 12.6 Å². The van der Waals surface area contributed by atoms with Crippen LogP contribution < -0.4 is 5.32 Å². The highest BCUT2D eigenvalue weighted by Gasteiger charge is 2.17. The van der Waals surface area contributed by atoms with E-state index >= 15 is 0 Å². The van der Waals surface area contributed by atoms with Crippen LogP contribution in [0.2, 0.25) is 5.02 Å². The SMILES string of the molecule is O=C(Nc1ccc(Cl)cc1C#CCO)N1CCCCC1. The minimum absolute atomic E-state index is 0.112. The number of amides is 2. The summed E-state index contributed by atoms with van der Waals surface area (Å²) in [6.45, 7) is 1.35. The third-order valence-corrected chi connectivity index (χ3v) is 3.40. The number of carbonyl (C=O) groups excluding carboxylic acids is 1. The first-order valence-corrected chi connectivity index (χ1v) is 7.03. The van der Waals surface area contributed by atoms with Crippen LogP contribution in [0.4, 0.5) is 10.5 Å². The zero-order valence-corrected chi connectivity index (χ0v) is 11.9. The van der Waals surface area contributed by atoms with E-state index in [0.717, 1.165) is 25.9 Å². The quantitative estimate of drug-likeness (QED) is 0.782. The zero-order valence-electron chi connectivity index (χ0n) is 11.2. The molecule has 0 spiro atoms. The van der Waals surface area contributed by atoms with Crippen molar-refractivity contribution in [3.63, 3.8) is 0 Å². The van der Waals surface area contributed by atoms with E-state index in [1.165, 1.54) is 6.42 Å². The topological polar surface area (TPSA) is 52.6 Å². The van der Waals surface area contributed by atoms with E-state index in [1.807, 2.05) is 0 Å². The summed E-state index contributed by atoms with van der Waals surface area (Å²) in [5.41, 5.74) is 1.22. The van der Waals surface area contributed by atoms with Gasteiger partial charge in [0.2, 0.25) is 0 Å². The van der Waals surface area contributed by atoms with Gasteiger partial charge in [-0.2, -0.15) is 0 Å². The molecule has 4 nitrogen and oxygen atoms in total. The van der Waals surface area contributed by atoms with Crippen molar-refractivity contribution < 1.29 is 9.90 Å². The van der Waals surface area contributed by atoms with E-state index in [4.69, 9.17) is 16.7 Å². The van der Waals surface area contributed by atoms with Crippen LogP contribution in [-0.4, -0.2) is 35.7 Å². The minimum atomic E-state index is -0.230. The Bertz CT molecular complexity index is 543. The van der Waals surface area contributed by atoms with Gasteiger partial charge in [0, 0.05) is 23.7 Å². The summed E-state index contributed by atoms with van der Waals surface area (Å²) in [6, 6.07) is 5.00. The summed E-state index contributed by atoms with van der Waals surface area (Å²) < 4.78 is 0. The monoisotopic (exact) mass is 292 g/mol. The highest BCUT2D eigenvalue weighted by molar-refractivity contribution is 6.30. The summed E-state index contributed by atoms with van der Waals surface area (Å²) in [5, 5.41) is 12.2. The lowest BCUT2D eigenvalue weighted by atomic mass is 10.1. The first-order chi connectivity index (χ1) is 9.70. The molecular formula is C15H17ClN2O2. The van der Waals surface area contributed by atoms with Crippen LogP contribution in [0.25, 0.3) is 0 Å². The maximum Gasteiger partial charge on any atom is 0.321 e. The second-order valence-electron chi connectivity index (χ2n) is 4.63. The molecule has 1 aliphatic heterocycles. The number of carbonyl (C=O) groups is 1.